The van der Waals surface area contributed by atoms with Gasteiger partial charge in [-0.05, 0) is 82.1 Å². The maximum Gasteiger partial charge on any atom is 0.318 e. The van der Waals surface area contributed by atoms with Crippen LogP contribution >= 0.6 is 0 Å². The SMILES string of the molecule is Cc1cccc2cc(O)cc(C(=O)N3Cc4nc(OCC5(CN(C)C)CC5)nc(N5CCC[C@](C)(O)C5)c4C3)c12. The molecule has 3 aromatic rings. The third kappa shape index (κ3) is 5.20. The third-order valence-electron chi connectivity index (χ3n) is 8.52. The van der Waals surface area contributed by atoms with Crippen LogP contribution in [0, 0.1) is 12.3 Å². The lowest BCUT2D eigenvalue weighted by Crippen LogP contribution is -2.47. The van der Waals surface area contributed by atoms with Gasteiger partial charge < -0.3 is 29.6 Å². The molecule has 1 atom stereocenters. The van der Waals surface area contributed by atoms with Gasteiger partial charge in [-0.15, -0.1) is 0 Å². The van der Waals surface area contributed by atoms with Gasteiger partial charge in [-0.3, -0.25) is 4.79 Å². The highest BCUT2D eigenvalue weighted by Crippen LogP contribution is 2.46. The molecule has 3 heterocycles. The van der Waals surface area contributed by atoms with E-state index in [1.165, 1.54) is 0 Å². The van der Waals surface area contributed by atoms with Crippen molar-refractivity contribution in [2.45, 2.75) is 58.2 Å². The molecule has 2 fully saturated rings. The Hall–Kier alpha value is -3.43. The first kappa shape index (κ1) is 26.8. The smallest absolute Gasteiger partial charge is 0.318 e. The van der Waals surface area contributed by atoms with Gasteiger partial charge in [0.25, 0.3) is 5.91 Å². The fourth-order valence-corrected chi connectivity index (χ4v) is 6.44. The number of aryl methyl sites for hydroxylation is 1. The molecule has 9 heteroatoms. The second kappa shape index (κ2) is 9.89. The van der Waals surface area contributed by atoms with E-state index >= 15 is 0 Å². The summed E-state index contributed by atoms with van der Waals surface area (Å²) in [6.07, 6.45) is 3.84. The summed E-state index contributed by atoms with van der Waals surface area (Å²) < 4.78 is 6.24. The molecule has 2 aromatic carbocycles. The molecule has 1 saturated carbocycles. The number of hydrogen-bond donors (Lipinski definition) is 2. The molecule has 1 saturated heterocycles. The minimum atomic E-state index is -0.812. The quantitative estimate of drug-likeness (QED) is 0.461. The molecule has 1 aliphatic carbocycles. The Morgan fingerprint density at radius 1 is 1.15 bits per heavy atom. The van der Waals surface area contributed by atoms with Gasteiger partial charge in [-0.1, -0.05) is 18.2 Å². The van der Waals surface area contributed by atoms with Crippen molar-refractivity contribution in [2.75, 3.05) is 45.2 Å². The minimum absolute atomic E-state index is 0.0663. The number of carbonyl (C=O) groups is 1. The van der Waals surface area contributed by atoms with E-state index in [4.69, 9.17) is 14.7 Å². The number of aromatic hydroxyl groups is 1. The predicted molar refractivity (Wildman–Crippen MR) is 154 cm³/mol. The standard InChI is InChI=1S/C31H39N5O4/c1-20-7-5-8-21-13-22(37)14-23(26(20)21)28(38)36-15-24-25(16-36)32-29(40-19-31(10-11-31)18-34(3)4)33-27(24)35-12-6-9-30(2,39)17-35/h5,7-8,13-14,37,39H,6,9-12,15-19H2,1-4H3/t30-/m0/s1. The van der Waals surface area contributed by atoms with E-state index in [9.17, 15) is 15.0 Å². The summed E-state index contributed by atoms with van der Waals surface area (Å²) in [4.78, 5) is 29.7. The van der Waals surface area contributed by atoms with E-state index in [-0.39, 0.29) is 17.1 Å². The number of aliphatic hydroxyl groups is 1. The van der Waals surface area contributed by atoms with Crippen LogP contribution in [-0.2, 0) is 13.1 Å². The van der Waals surface area contributed by atoms with Crippen LogP contribution < -0.4 is 9.64 Å². The van der Waals surface area contributed by atoms with Gasteiger partial charge in [0.05, 0.1) is 36.6 Å². The van der Waals surface area contributed by atoms with Gasteiger partial charge >= 0.3 is 6.01 Å². The number of β-amino-alcohol motifs (C(OH)–C–C–N with tert-alkyl or cyclic N) is 1. The van der Waals surface area contributed by atoms with Gasteiger partial charge in [-0.2, -0.15) is 9.97 Å². The average Bonchev–Trinajstić information content (AvgIpc) is 3.50. The largest absolute Gasteiger partial charge is 0.508 e. The Morgan fingerprint density at radius 3 is 2.67 bits per heavy atom. The van der Waals surface area contributed by atoms with Gasteiger partial charge in [0.15, 0.2) is 0 Å². The molecular formula is C31H39N5O4. The fraction of sp³-hybridized carbons (Fsp3) is 0.516. The molecule has 0 unspecified atom stereocenters. The van der Waals surface area contributed by atoms with Gasteiger partial charge in [-0.25, -0.2) is 0 Å². The molecule has 1 amide bonds. The number of benzene rings is 2. The number of phenolic OH excluding ortho intramolecular Hbond substituents is 1. The van der Waals surface area contributed by atoms with Gasteiger partial charge in [0.1, 0.15) is 11.6 Å². The molecule has 6 rings (SSSR count). The molecule has 3 aliphatic rings. The zero-order valence-electron chi connectivity index (χ0n) is 23.9. The third-order valence-corrected chi connectivity index (χ3v) is 8.52. The van der Waals surface area contributed by atoms with Crippen molar-refractivity contribution in [3.8, 4) is 11.8 Å². The maximum absolute atomic E-state index is 14.0. The van der Waals surface area contributed by atoms with Crippen LogP contribution in [0.25, 0.3) is 10.8 Å². The average molecular weight is 546 g/mol. The maximum atomic E-state index is 14.0. The summed E-state index contributed by atoms with van der Waals surface area (Å²) in [7, 11) is 4.16. The molecule has 2 aliphatic heterocycles. The molecule has 212 valence electrons. The monoisotopic (exact) mass is 545 g/mol. The van der Waals surface area contributed by atoms with Crippen LogP contribution in [0.15, 0.2) is 30.3 Å². The van der Waals surface area contributed by atoms with Crippen molar-refractivity contribution >= 4 is 22.5 Å². The predicted octanol–water partition coefficient (Wildman–Crippen LogP) is 3.87. The summed E-state index contributed by atoms with van der Waals surface area (Å²) in [5, 5.41) is 22.9. The van der Waals surface area contributed by atoms with E-state index in [0.29, 0.717) is 37.8 Å². The Labute approximate surface area is 235 Å². The number of phenols is 1. The summed E-state index contributed by atoms with van der Waals surface area (Å²) >= 11 is 0. The fourth-order valence-electron chi connectivity index (χ4n) is 6.44. The van der Waals surface area contributed by atoms with E-state index in [1.807, 2.05) is 32.0 Å². The molecule has 1 aromatic heterocycles. The number of piperidine rings is 1. The Morgan fingerprint density at radius 2 is 1.95 bits per heavy atom. The highest BCUT2D eigenvalue weighted by atomic mass is 16.5. The molecular weight excluding hydrogens is 506 g/mol. The molecule has 40 heavy (non-hydrogen) atoms. The van der Waals surface area contributed by atoms with E-state index in [2.05, 4.69) is 23.9 Å². The second-order valence-electron chi connectivity index (χ2n) is 12.6. The Balaban J connectivity index is 1.33. The van der Waals surface area contributed by atoms with Crippen LogP contribution in [-0.4, -0.2) is 81.8 Å². The topological polar surface area (TPSA) is 102 Å². The first-order chi connectivity index (χ1) is 19.0. The highest BCUT2D eigenvalue weighted by Gasteiger charge is 2.44. The van der Waals surface area contributed by atoms with Crippen molar-refractivity contribution < 1.29 is 19.7 Å². The molecule has 0 radical (unpaired) electrons. The summed E-state index contributed by atoms with van der Waals surface area (Å²) in [6.45, 7) is 7.27. The van der Waals surface area contributed by atoms with E-state index in [1.54, 1.807) is 17.0 Å². The van der Waals surface area contributed by atoms with Crippen molar-refractivity contribution in [3.63, 3.8) is 0 Å². The molecule has 0 spiro atoms. The zero-order chi connectivity index (χ0) is 28.2. The number of ether oxygens (including phenoxy) is 1. The lowest BCUT2D eigenvalue weighted by Gasteiger charge is -2.38. The van der Waals surface area contributed by atoms with Crippen molar-refractivity contribution in [1.29, 1.82) is 0 Å². The zero-order valence-corrected chi connectivity index (χ0v) is 23.9. The van der Waals surface area contributed by atoms with E-state index in [0.717, 1.165) is 72.2 Å². The molecule has 0 bridgehead atoms. The number of aromatic nitrogens is 2. The van der Waals surface area contributed by atoms with Gasteiger partial charge in [0, 0.05) is 30.6 Å². The Bertz CT molecular complexity index is 1470. The lowest BCUT2D eigenvalue weighted by molar-refractivity contribution is 0.0445. The minimum Gasteiger partial charge on any atom is -0.508 e. The molecule has 9 nitrogen and oxygen atoms in total. The van der Waals surface area contributed by atoms with Crippen molar-refractivity contribution in [1.82, 2.24) is 19.8 Å². The first-order valence-electron chi connectivity index (χ1n) is 14.2. The van der Waals surface area contributed by atoms with Crippen LogP contribution in [0.1, 0.15) is 59.8 Å². The number of fused-ring (bicyclic) bond motifs is 2. The number of nitrogens with zero attached hydrogens (tertiary/aromatic N) is 5. The number of rotatable bonds is 7. The van der Waals surface area contributed by atoms with E-state index < -0.39 is 5.60 Å². The molecule has 2 N–H and O–H groups in total. The summed E-state index contributed by atoms with van der Waals surface area (Å²) in [5.74, 6) is 0.649. The van der Waals surface area contributed by atoms with Crippen molar-refractivity contribution in [2.24, 2.45) is 5.41 Å². The summed E-state index contributed by atoms with van der Waals surface area (Å²) in [5.41, 5.74) is 2.46. The lowest BCUT2D eigenvalue weighted by atomic mass is 9.95. The van der Waals surface area contributed by atoms with Crippen LogP contribution in [0.4, 0.5) is 5.82 Å². The van der Waals surface area contributed by atoms with Crippen molar-refractivity contribution in [3.05, 3.63) is 52.7 Å². The van der Waals surface area contributed by atoms with Crippen LogP contribution in [0.3, 0.4) is 0 Å². The highest BCUT2D eigenvalue weighted by molar-refractivity contribution is 6.09. The Kier molecular flexibility index (Phi) is 6.62. The number of anilines is 1. The first-order valence-corrected chi connectivity index (χ1v) is 14.2. The number of amides is 1. The number of hydrogen-bond acceptors (Lipinski definition) is 8. The number of carbonyl (C=O) groups excluding carboxylic acids is 1. The van der Waals surface area contributed by atoms with Crippen LogP contribution in [0.5, 0.6) is 11.8 Å². The summed E-state index contributed by atoms with van der Waals surface area (Å²) in [6, 6.07) is 9.40. The van der Waals surface area contributed by atoms with Crippen LogP contribution in [0.2, 0.25) is 0 Å². The van der Waals surface area contributed by atoms with Gasteiger partial charge in [0.2, 0.25) is 0 Å². The second-order valence-corrected chi connectivity index (χ2v) is 12.6. The normalized spacial score (nSPS) is 21.6.